The minimum atomic E-state index is -0.395. The molecule has 0 fully saturated rings. The zero-order valence-corrected chi connectivity index (χ0v) is 15.3. The maximum absolute atomic E-state index is 12.6. The summed E-state index contributed by atoms with van der Waals surface area (Å²) in [5.74, 6) is -0.179. The van der Waals surface area contributed by atoms with Crippen molar-refractivity contribution >= 4 is 33.4 Å². The zero-order valence-electron chi connectivity index (χ0n) is 14.5. The SMILES string of the molecule is CCOC(=O)Cn1c(=NC(=O)c2cccc(OC)c2)sc2ccccc21. The standard InChI is InChI=1S/C19H18N2O4S/c1-3-25-17(22)12-21-15-9-4-5-10-16(15)26-19(21)20-18(23)13-7-6-8-14(11-13)24-2/h4-11H,3,12H2,1-2H3. The Morgan fingerprint density at radius 1 is 1.15 bits per heavy atom. The number of carbonyl (C=O) groups is 2. The number of rotatable bonds is 5. The second-order valence-corrected chi connectivity index (χ2v) is 6.40. The molecule has 26 heavy (non-hydrogen) atoms. The lowest BCUT2D eigenvalue weighted by molar-refractivity contribution is -0.143. The van der Waals surface area contributed by atoms with E-state index in [2.05, 4.69) is 4.99 Å². The van der Waals surface area contributed by atoms with Crippen LogP contribution in [0.1, 0.15) is 17.3 Å². The van der Waals surface area contributed by atoms with Crippen LogP contribution in [-0.4, -0.2) is 30.2 Å². The molecular formula is C19H18N2O4S. The first-order valence-corrected chi connectivity index (χ1v) is 8.91. The molecule has 0 N–H and O–H groups in total. The third kappa shape index (κ3) is 3.83. The van der Waals surface area contributed by atoms with E-state index in [1.54, 1.807) is 42.9 Å². The molecular weight excluding hydrogens is 352 g/mol. The maximum Gasteiger partial charge on any atom is 0.326 e. The molecule has 1 heterocycles. The van der Waals surface area contributed by atoms with Crippen LogP contribution >= 0.6 is 11.3 Å². The number of hydrogen-bond donors (Lipinski definition) is 0. The summed E-state index contributed by atoms with van der Waals surface area (Å²) in [5, 5.41) is 0. The van der Waals surface area contributed by atoms with Crippen molar-refractivity contribution in [2.45, 2.75) is 13.5 Å². The topological polar surface area (TPSA) is 69.9 Å². The molecule has 0 bridgehead atoms. The Morgan fingerprint density at radius 3 is 2.73 bits per heavy atom. The number of ether oxygens (including phenoxy) is 2. The predicted octanol–water partition coefficient (Wildman–Crippen LogP) is 3.02. The van der Waals surface area contributed by atoms with Gasteiger partial charge in [0.25, 0.3) is 5.91 Å². The number of aromatic nitrogens is 1. The number of carbonyl (C=O) groups excluding carboxylic acids is 2. The predicted molar refractivity (Wildman–Crippen MR) is 99.3 cm³/mol. The van der Waals surface area contributed by atoms with Crippen molar-refractivity contribution in [2.75, 3.05) is 13.7 Å². The largest absolute Gasteiger partial charge is 0.497 e. The Hall–Kier alpha value is -2.93. The summed E-state index contributed by atoms with van der Waals surface area (Å²) in [6, 6.07) is 14.4. The number of para-hydroxylation sites is 1. The van der Waals surface area contributed by atoms with Crippen LogP contribution in [0.2, 0.25) is 0 Å². The summed E-state index contributed by atoms with van der Waals surface area (Å²) in [7, 11) is 1.54. The van der Waals surface area contributed by atoms with Crippen LogP contribution in [-0.2, 0) is 16.1 Å². The molecule has 0 saturated carbocycles. The van der Waals surface area contributed by atoms with Gasteiger partial charge in [0.15, 0.2) is 4.80 Å². The van der Waals surface area contributed by atoms with Gasteiger partial charge in [0.05, 0.1) is 23.9 Å². The Bertz CT molecular complexity index is 1020. The second-order valence-electron chi connectivity index (χ2n) is 5.39. The van der Waals surface area contributed by atoms with Crippen LogP contribution in [0.4, 0.5) is 0 Å². The lowest BCUT2D eigenvalue weighted by atomic mass is 10.2. The van der Waals surface area contributed by atoms with E-state index in [0.717, 1.165) is 10.2 Å². The van der Waals surface area contributed by atoms with Crippen LogP contribution in [0.3, 0.4) is 0 Å². The average Bonchev–Trinajstić information content (AvgIpc) is 2.99. The molecule has 0 spiro atoms. The van der Waals surface area contributed by atoms with Crippen molar-refractivity contribution in [3.8, 4) is 5.75 Å². The number of esters is 1. The van der Waals surface area contributed by atoms with Gasteiger partial charge >= 0.3 is 5.97 Å². The van der Waals surface area contributed by atoms with Gasteiger partial charge < -0.3 is 14.0 Å². The van der Waals surface area contributed by atoms with Crippen molar-refractivity contribution in [3.63, 3.8) is 0 Å². The molecule has 7 heteroatoms. The first-order valence-electron chi connectivity index (χ1n) is 8.09. The van der Waals surface area contributed by atoms with Crippen molar-refractivity contribution in [2.24, 2.45) is 4.99 Å². The van der Waals surface area contributed by atoms with Crippen molar-refractivity contribution < 1.29 is 19.1 Å². The number of thiazole rings is 1. The number of benzene rings is 2. The summed E-state index contributed by atoms with van der Waals surface area (Å²) in [4.78, 5) is 29.2. The molecule has 3 aromatic rings. The van der Waals surface area contributed by atoms with Crippen molar-refractivity contribution in [1.29, 1.82) is 0 Å². The summed E-state index contributed by atoms with van der Waals surface area (Å²) in [6.07, 6.45) is 0. The van der Waals surface area contributed by atoms with Crippen LogP contribution in [0.5, 0.6) is 5.75 Å². The maximum atomic E-state index is 12.6. The fourth-order valence-corrected chi connectivity index (χ4v) is 3.53. The molecule has 0 aliphatic rings. The molecule has 134 valence electrons. The summed E-state index contributed by atoms with van der Waals surface area (Å²) in [5.41, 5.74) is 1.26. The van der Waals surface area contributed by atoms with E-state index >= 15 is 0 Å². The van der Waals surface area contributed by atoms with E-state index in [1.807, 2.05) is 24.3 Å². The van der Waals surface area contributed by atoms with Gasteiger partial charge in [-0.15, -0.1) is 0 Å². The number of fused-ring (bicyclic) bond motifs is 1. The molecule has 2 aromatic carbocycles. The highest BCUT2D eigenvalue weighted by molar-refractivity contribution is 7.16. The van der Waals surface area contributed by atoms with Gasteiger partial charge in [-0.3, -0.25) is 9.59 Å². The number of hydrogen-bond acceptors (Lipinski definition) is 5. The Labute approximate surface area is 154 Å². The average molecular weight is 370 g/mol. The molecule has 0 unspecified atom stereocenters. The molecule has 0 aliphatic heterocycles. The van der Waals surface area contributed by atoms with E-state index in [0.29, 0.717) is 22.7 Å². The summed E-state index contributed by atoms with van der Waals surface area (Å²) < 4.78 is 12.8. The Balaban J connectivity index is 2.06. The fraction of sp³-hybridized carbons (Fsp3) is 0.211. The highest BCUT2D eigenvalue weighted by Gasteiger charge is 2.13. The highest BCUT2D eigenvalue weighted by atomic mass is 32.1. The fourth-order valence-electron chi connectivity index (χ4n) is 2.50. The van der Waals surface area contributed by atoms with Gasteiger partial charge in [0.2, 0.25) is 0 Å². The Kier molecular flexibility index (Phi) is 5.48. The van der Waals surface area contributed by atoms with Crippen molar-refractivity contribution in [1.82, 2.24) is 4.57 Å². The third-order valence-corrected chi connectivity index (χ3v) is 4.75. The lowest BCUT2D eigenvalue weighted by Gasteiger charge is -2.05. The molecule has 0 radical (unpaired) electrons. The second kappa shape index (κ2) is 7.97. The minimum absolute atomic E-state index is 0.00206. The molecule has 3 rings (SSSR count). The number of nitrogens with zero attached hydrogens (tertiary/aromatic N) is 2. The Morgan fingerprint density at radius 2 is 1.96 bits per heavy atom. The van der Waals surface area contributed by atoms with Gasteiger partial charge in [-0.25, -0.2) is 0 Å². The van der Waals surface area contributed by atoms with Gasteiger partial charge in [0.1, 0.15) is 12.3 Å². The molecule has 0 aliphatic carbocycles. The third-order valence-electron chi connectivity index (χ3n) is 3.69. The molecule has 0 atom stereocenters. The normalized spacial score (nSPS) is 11.5. The van der Waals surface area contributed by atoms with Crippen molar-refractivity contribution in [3.05, 3.63) is 58.9 Å². The van der Waals surface area contributed by atoms with Crippen LogP contribution in [0.15, 0.2) is 53.5 Å². The highest BCUT2D eigenvalue weighted by Crippen LogP contribution is 2.17. The zero-order chi connectivity index (χ0) is 18.5. The van der Waals surface area contributed by atoms with Gasteiger partial charge in [-0.1, -0.05) is 29.5 Å². The van der Waals surface area contributed by atoms with Gasteiger partial charge in [0, 0.05) is 5.56 Å². The van der Waals surface area contributed by atoms with Crippen LogP contribution in [0.25, 0.3) is 10.2 Å². The first kappa shape index (κ1) is 17.9. The molecule has 6 nitrogen and oxygen atoms in total. The number of amides is 1. The van der Waals surface area contributed by atoms with Crippen LogP contribution < -0.4 is 9.54 Å². The van der Waals surface area contributed by atoms with E-state index in [-0.39, 0.29) is 12.5 Å². The molecule has 0 saturated heterocycles. The smallest absolute Gasteiger partial charge is 0.326 e. The summed E-state index contributed by atoms with van der Waals surface area (Å²) >= 11 is 1.35. The van der Waals surface area contributed by atoms with Gasteiger partial charge in [-0.05, 0) is 37.3 Å². The van der Waals surface area contributed by atoms with Gasteiger partial charge in [-0.2, -0.15) is 4.99 Å². The summed E-state index contributed by atoms with van der Waals surface area (Å²) in [6.45, 7) is 2.06. The minimum Gasteiger partial charge on any atom is -0.497 e. The van der Waals surface area contributed by atoms with E-state index in [9.17, 15) is 9.59 Å². The first-order chi connectivity index (χ1) is 12.6. The van der Waals surface area contributed by atoms with E-state index in [1.165, 1.54) is 11.3 Å². The molecule has 1 aromatic heterocycles. The van der Waals surface area contributed by atoms with E-state index < -0.39 is 5.91 Å². The van der Waals surface area contributed by atoms with E-state index in [4.69, 9.17) is 9.47 Å². The quantitative estimate of drug-likeness (QED) is 0.648. The lowest BCUT2D eigenvalue weighted by Crippen LogP contribution is -2.23. The number of methoxy groups -OCH3 is 1. The van der Waals surface area contributed by atoms with Crippen LogP contribution in [0, 0.1) is 0 Å². The molecule has 1 amide bonds. The monoisotopic (exact) mass is 370 g/mol.